The third kappa shape index (κ3) is 34.0. The predicted molar refractivity (Wildman–Crippen MR) is 516 cm³/mol. The normalized spacial score (nSPS) is 14.8. The van der Waals surface area contributed by atoms with Gasteiger partial charge in [-0.15, -0.1) is 105 Å². The molecule has 0 bridgehead atoms. The van der Waals surface area contributed by atoms with Crippen molar-refractivity contribution in [2.24, 2.45) is 44.3 Å². The summed E-state index contributed by atoms with van der Waals surface area (Å²) in [5.41, 5.74) is 16.3. The van der Waals surface area contributed by atoms with Crippen molar-refractivity contribution in [2.75, 3.05) is 0 Å². The van der Waals surface area contributed by atoms with Crippen molar-refractivity contribution in [1.29, 1.82) is 0 Å². The zero-order valence-corrected chi connectivity index (χ0v) is 89.6. The maximum absolute atomic E-state index is 11.5. The quantitative estimate of drug-likeness (QED) is 0.0691. The number of rotatable bonds is 10. The van der Waals surface area contributed by atoms with E-state index in [1.807, 2.05) is 143 Å². The first-order valence-corrected chi connectivity index (χ1v) is 44.5. The van der Waals surface area contributed by atoms with Crippen LogP contribution in [0.5, 0.6) is 0 Å². The Morgan fingerprint density at radius 2 is 0.556 bits per heavy atom. The molecule has 3 radical (unpaired) electrons. The summed E-state index contributed by atoms with van der Waals surface area (Å²) in [6, 6.07) is 51.3. The van der Waals surface area contributed by atoms with E-state index in [9.17, 15) is 29.7 Å². The first-order valence-electron chi connectivity index (χ1n) is 44.5. The van der Waals surface area contributed by atoms with E-state index in [-0.39, 0.29) is 133 Å². The molecule has 124 heavy (non-hydrogen) atoms. The van der Waals surface area contributed by atoms with Gasteiger partial charge in [-0.25, -0.2) is 0 Å². The largest absolute Gasteiger partial charge is 0.512 e. The van der Waals surface area contributed by atoms with E-state index in [2.05, 4.69) is 245 Å². The molecule has 0 aliphatic heterocycles. The molecule has 2 unspecified atom stereocenters. The molecule has 9 nitrogen and oxygen atoms in total. The topological polar surface area (TPSA) is 151 Å². The SMILES string of the molecule is CC(C)(C)C(=O)C=C(O)C(C)(C)C.CC(C)(C)C(=O)C=C(O)C(C)(C)C.CC(C)(C)C(=O)C=C(O)C(C)(C)C.Cc1[c-]c(-c2cc3cc(C(C)(C)C)ccc3cn2)cc(C(C)(C)C)c1.Cc1[c-]c(-c2cc3cc(C(C)C4CCCC4)ccc3cn2)cc(C(C)(C)C)c1.Cc1[c-]c(-c2cc3cc(C(C)C4CCCCC4)ccc3cn2)cc(C(C)(C)C)c1.[Ir].[Ir].[Ir]. The molecular weight excluding hydrogens is 2060 g/mol. The number of benzene rings is 6. The number of fused-ring (bicyclic) bond motifs is 3. The van der Waals surface area contributed by atoms with Gasteiger partial charge in [-0.1, -0.05) is 347 Å². The minimum Gasteiger partial charge on any atom is -0.512 e. The molecule has 683 valence electrons. The van der Waals surface area contributed by atoms with Crippen molar-refractivity contribution in [3.8, 4) is 33.8 Å². The molecule has 3 N–H and O–H groups in total. The summed E-state index contributed by atoms with van der Waals surface area (Å²) in [7, 11) is 0. The van der Waals surface area contributed by atoms with E-state index in [0.717, 1.165) is 51.2 Å². The number of nitrogens with zero attached hydrogens (tertiary/aromatic N) is 3. The van der Waals surface area contributed by atoms with E-state index in [1.54, 1.807) is 0 Å². The van der Waals surface area contributed by atoms with E-state index in [1.165, 1.54) is 153 Å². The van der Waals surface area contributed by atoms with Crippen molar-refractivity contribution < 1.29 is 90.0 Å². The van der Waals surface area contributed by atoms with Gasteiger partial charge in [-0.3, -0.25) is 14.4 Å². The fourth-order valence-electron chi connectivity index (χ4n) is 14.1. The van der Waals surface area contributed by atoms with Crippen LogP contribution in [-0.4, -0.2) is 47.6 Å². The summed E-state index contributed by atoms with van der Waals surface area (Å²) in [5, 5.41) is 36.1. The Morgan fingerprint density at radius 1 is 0.315 bits per heavy atom. The second-order valence-electron chi connectivity index (χ2n) is 45.1. The summed E-state index contributed by atoms with van der Waals surface area (Å²) < 4.78 is 0. The van der Waals surface area contributed by atoms with E-state index in [0.29, 0.717) is 11.8 Å². The van der Waals surface area contributed by atoms with Crippen LogP contribution in [0.1, 0.15) is 341 Å². The number of hydrogen-bond acceptors (Lipinski definition) is 9. The van der Waals surface area contributed by atoms with Crippen molar-refractivity contribution >= 4 is 49.7 Å². The van der Waals surface area contributed by atoms with Crippen LogP contribution in [0, 0.1) is 83.3 Å². The molecule has 3 heterocycles. The monoisotopic (exact) mass is 2220 g/mol. The van der Waals surface area contributed by atoms with Crippen molar-refractivity contribution in [3.63, 3.8) is 0 Å². The van der Waals surface area contributed by atoms with Gasteiger partial charge in [-0.2, -0.15) is 0 Å². The van der Waals surface area contributed by atoms with Crippen molar-refractivity contribution in [1.82, 2.24) is 15.0 Å². The number of pyridine rings is 3. The first kappa shape index (κ1) is 111. The number of carbonyl (C=O) groups is 3. The third-order valence-electron chi connectivity index (χ3n) is 23.4. The number of hydrogen-bond donors (Lipinski definition) is 3. The van der Waals surface area contributed by atoms with Gasteiger partial charge >= 0.3 is 0 Å². The molecule has 2 fully saturated rings. The van der Waals surface area contributed by atoms with Gasteiger partial charge in [0.2, 0.25) is 0 Å². The Labute approximate surface area is 791 Å². The summed E-state index contributed by atoms with van der Waals surface area (Å²) in [6.45, 7) is 71.6. The number of ketones is 3. The molecule has 3 aromatic heterocycles. The van der Waals surface area contributed by atoms with Gasteiger partial charge in [0, 0.05) is 130 Å². The minimum atomic E-state index is -0.417. The van der Waals surface area contributed by atoms with Crippen LogP contribution in [0.3, 0.4) is 0 Å². The van der Waals surface area contributed by atoms with Gasteiger partial charge in [0.15, 0.2) is 17.3 Å². The minimum absolute atomic E-state index is 0. The molecule has 11 rings (SSSR count). The molecule has 0 spiro atoms. The Morgan fingerprint density at radius 3 is 0.798 bits per heavy atom. The number of aromatic nitrogens is 3. The predicted octanol–water partition coefficient (Wildman–Crippen LogP) is 31.5. The number of carbonyl (C=O) groups excluding carboxylic acids is 3. The molecule has 6 aromatic carbocycles. The molecule has 2 atom stereocenters. The number of allylic oxidation sites excluding steroid dienone is 6. The Kier molecular flexibility index (Phi) is 40.3. The Hall–Kier alpha value is -6.87. The molecule has 12 heteroatoms. The van der Waals surface area contributed by atoms with Gasteiger partial charge in [0.25, 0.3) is 0 Å². The molecule has 2 aliphatic carbocycles. The molecule has 2 aliphatic rings. The summed E-state index contributed by atoms with van der Waals surface area (Å²) in [5.74, 6) is 3.27. The zero-order chi connectivity index (χ0) is 91.5. The second-order valence-corrected chi connectivity index (χ2v) is 45.1. The van der Waals surface area contributed by atoms with Gasteiger partial charge in [0.05, 0.1) is 0 Å². The van der Waals surface area contributed by atoms with Crippen molar-refractivity contribution in [3.05, 3.63) is 232 Å². The van der Waals surface area contributed by atoms with E-state index >= 15 is 0 Å². The molecular formula is C112H154Ir3N3O6-3. The maximum Gasteiger partial charge on any atom is 0.164 e. The zero-order valence-electron chi connectivity index (χ0n) is 82.4. The van der Waals surface area contributed by atoms with Gasteiger partial charge < -0.3 is 30.3 Å². The van der Waals surface area contributed by atoms with E-state index < -0.39 is 16.2 Å². The van der Waals surface area contributed by atoms with Crippen LogP contribution in [0.4, 0.5) is 0 Å². The van der Waals surface area contributed by atoms with Gasteiger partial charge in [-0.05, 0) is 137 Å². The Bertz CT molecular complexity index is 5020. The van der Waals surface area contributed by atoms with Crippen LogP contribution in [0.15, 0.2) is 163 Å². The summed E-state index contributed by atoms with van der Waals surface area (Å²) in [4.78, 5) is 48.7. The second kappa shape index (κ2) is 44.9. The van der Waals surface area contributed by atoms with E-state index in [4.69, 9.17) is 15.0 Å². The summed E-state index contributed by atoms with van der Waals surface area (Å²) in [6.07, 6.45) is 22.6. The fraction of sp³-hybridized carbons (Fsp3) is 0.518. The summed E-state index contributed by atoms with van der Waals surface area (Å²) >= 11 is 0. The Balaban J connectivity index is 0.000000396. The van der Waals surface area contributed by atoms with Crippen LogP contribution < -0.4 is 0 Å². The maximum atomic E-state index is 11.5. The molecule has 2 saturated carbocycles. The molecule has 0 saturated heterocycles. The third-order valence-corrected chi connectivity index (χ3v) is 23.4. The average Bonchev–Trinajstić information content (AvgIpc) is 0.928. The van der Waals surface area contributed by atoms with Crippen LogP contribution >= 0.6 is 0 Å². The van der Waals surface area contributed by atoms with Crippen LogP contribution in [0.2, 0.25) is 0 Å². The average molecular weight is 2220 g/mol. The molecule has 9 aromatic rings. The first-order chi connectivity index (χ1) is 55.3. The van der Waals surface area contributed by atoms with Crippen LogP contribution in [-0.2, 0) is 96.4 Å². The number of aliphatic hydroxyl groups is 3. The van der Waals surface area contributed by atoms with Crippen molar-refractivity contribution in [2.45, 2.75) is 334 Å². The molecule has 0 amide bonds. The number of aryl methyl sites for hydroxylation is 3. The van der Waals surface area contributed by atoms with Crippen LogP contribution in [0.25, 0.3) is 66.1 Å². The standard InChI is InChI=1S/C28H34N.C27H32N.C24H28N.3C11H20O2.3Ir/c1-19-13-25(16-26(14-19)28(3,4)5)27-17-24-15-22(11-12-23(24)18-29-27)20(2)21-9-7-6-8-10-21;1-18-12-24(15-25(13-18)27(3,4)5)26-16-23-14-21(10-11-22(23)17-28-26)19(2)20-8-6-7-9-20;1-16-10-19(13-21(11-16)24(5,6)7)22-14-18-12-20(23(2,3)4)9-8-17(18)15-25-22;3*1-10(2,3)8(12)7-9(13)11(4,5)6;;;/h11-12,14-18,20-21H,6-10H2,1-5H3;10-11,13-17,19-20H,6-9H2,1-5H3;8-9,11-15H,1-7H3;3*7,12H,1-6H3;;;/q3*-1;;;;;;. The van der Waals surface area contributed by atoms with Gasteiger partial charge in [0.1, 0.15) is 17.3 Å². The number of aliphatic hydroxyl groups excluding tert-OH is 3. The smallest absolute Gasteiger partial charge is 0.164 e. The fourth-order valence-corrected chi connectivity index (χ4v) is 14.1.